The summed E-state index contributed by atoms with van der Waals surface area (Å²) in [5.41, 5.74) is -0.867. The van der Waals surface area contributed by atoms with E-state index in [1.54, 1.807) is 18.2 Å². The van der Waals surface area contributed by atoms with E-state index in [1.807, 2.05) is 11.8 Å². The number of likely N-dealkylation sites (tertiary alicyclic amines) is 1. The van der Waals surface area contributed by atoms with Crippen molar-refractivity contribution in [2.45, 2.75) is 44.1 Å². The number of amides is 2. The van der Waals surface area contributed by atoms with Crippen LogP contribution in [-0.4, -0.2) is 71.3 Å². The van der Waals surface area contributed by atoms with Crippen molar-refractivity contribution in [3.63, 3.8) is 0 Å². The van der Waals surface area contributed by atoms with Crippen LogP contribution in [0.1, 0.15) is 44.1 Å². The normalized spacial score (nSPS) is 24.3. The van der Waals surface area contributed by atoms with Gasteiger partial charge in [-0.3, -0.25) is 14.5 Å². The van der Waals surface area contributed by atoms with Crippen LogP contribution in [0.5, 0.6) is 5.75 Å². The van der Waals surface area contributed by atoms with E-state index in [4.69, 9.17) is 27.9 Å². The minimum absolute atomic E-state index is 0.126. The summed E-state index contributed by atoms with van der Waals surface area (Å²) in [6.45, 7) is 3.54. The molecule has 39 heavy (non-hydrogen) atoms. The highest BCUT2D eigenvalue weighted by Crippen LogP contribution is 2.47. The van der Waals surface area contributed by atoms with Crippen LogP contribution in [0.3, 0.4) is 0 Å². The summed E-state index contributed by atoms with van der Waals surface area (Å²) < 4.78 is 19.6. The second kappa shape index (κ2) is 10.7. The fraction of sp³-hybridized carbons (Fsp3) is 0.500. The number of Topliss-reactive ketones (excluding diaryl/α,β-unsaturated/α-hetero) is 1. The van der Waals surface area contributed by atoms with Crippen molar-refractivity contribution in [3.8, 4) is 5.75 Å². The average molecular weight is 577 g/mol. The van der Waals surface area contributed by atoms with Crippen molar-refractivity contribution in [1.29, 1.82) is 0 Å². The first kappa shape index (κ1) is 27.8. The zero-order valence-electron chi connectivity index (χ0n) is 21.9. The molecule has 2 aliphatic heterocycles. The van der Waals surface area contributed by atoms with E-state index in [2.05, 4.69) is 10.3 Å². The number of hydrogen-bond acceptors (Lipinski definition) is 6. The third kappa shape index (κ3) is 5.12. The minimum Gasteiger partial charge on any atom is -0.405 e. The molecule has 1 aliphatic carbocycles. The third-order valence-electron chi connectivity index (χ3n) is 8.56. The maximum absolute atomic E-state index is 14.5. The quantitative estimate of drug-likeness (QED) is 0.501. The number of carbonyl (C=O) groups excluding carboxylic acids is 3. The highest BCUT2D eigenvalue weighted by molar-refractivity contribution is 6.42. The second-order valence-corrected chi connectivity index (χ2v) is 11.8. The zero-order valence-corrected chi connectivity index (χ0v) is 23.4. The molecule has 1 saturated carbocycles. The Kier molecular flexibility index (Phi) is 7.61. The number of nitrogens with zero attached hydrogens (tertiary/aromatic N) is 3. The van der Waals surface area contributed by atoms with Crippen LogP contribution in [0.15, 0.2) is 36.5 Å². The number of ketones is 1. The molecule has 11 heteroatoms. The molecule has 3 fully saturated rings. The predicted octanol–water partition coefficient (Wildman–Crippen LogP) is 4.69. The van der Waals surface area contributed by atoms with E-state index in [0.717, 1.165) is 18.4 Å². The van der Waals surface area contributed by atoms with E-state index < -0.39 is 23.5 Å². The van der Waals surface area contributed by atoms with Gasteiger partial charge in [0.25, 0.3) is 5.95 Å². The Labute approximate surface area is 236 Å². The predicted molar refractivity (Wildman–Crippen MR) is 144 cm³/mol. The van der Waals surface area contributed by atoms with Gasteiger partial charge in [-0.2, -0.15) is 4.39 Å². The molecule has 2 atom stereocenters. The lowest BCUT2D eigenvalue weighted by Crippen LogP contribution is -2.62. The lowest BCUT2D eigenvalue weighted by atomic mass is 9.72. The summed E-state index contributed by atoms with van der Waals surface area (Å²) >= 11 is 12.5. The van der Waals surface area contributed by atoms with E-state index in [-0.39, 0.29) is 35.3 Å². The number of rotatable bonds is 6. The summed E-state index contributed by atoms with van der Waals surface area (Å²) in [6.07, 6.45) is 3.17. The van der Waals surface area contributed by atoms with Crippen LogP contribution >= 0.6 is 23.2 Å². The fourth-order valence-electron chi connectivity index (χ4n) is 5.85. The number of hydrogen-bond donors (Lipinski definition) is 1. The minimum atomic E-state index is -1.34. The molecule has 0 radical (unpaired) electrons. The largest absolute Gasteiger partial charge is 0.416 e. The number of aromatic nitrogens is 1. The van der Waals surface area contributed by atoms with Gasteiger partial charge in [0.05, 0.1) is 10.0 Å². The molecular formula is C28H31Cl2FN4O4. The van der Waals surface area contributed by atoms with Crippen LogP contribution < -0.4 is 10.1 Å². The summed E-state index contributed by atoms with van der Waals surface area (Å²) in [5, 5.41) is 4.00. The monoisotopic (exact) mass is 576 g/mol. The first-order valence-electron chi connectivity index (χ1n) is 13.1. The molecule has 208 valence electrons. The van der Waals surface area contributed by atoms with Crippen molar-refractivity contribution < 1.29 is 23.5 Å². The van der Waals surface area contributed by atoms with Crippen molar-refractivity contribution in [2.24, 2.45) is 11.3 Å². The number of halogens is 3. The van der Waals surface area contributed by atoms with Crippen LogP contribution in [-0.2, 0) is 9.59 Å². The lowest BCUT2D eigenvalue weighted by Gasteiger charge is -2.44. The van der Waals surface area contributed by atoms with Crippen LogP contribution in [0.2, 0.25) is 10.0 Å². The van der Waals surface area contributed by atoms with Gasteiger partial charge in [-0.25, -0.2) is 9.78 Å². The average Bonchev–Trinajstić information content (AvgIpc) is 3.53. The van der Waals surface area contributed by atoms with Gasteiger partial charge in [-0.15, -0.1) is 0 Å². The molecule has 8 nitrogen and oxygen atoms in total. The molecular weight excluding hydrogens is 546 g/mol. The number of benzene rings is 1. The van der Waals surface area contributed by atoms with Gasteiger partial charge in [0.15, 0.2) is 11.5 Å². The molecule has 0 bridgehead atoms. The molecule has 2 aromatic rings. The topological polar surface area (TPSA) is 91.8 Å². The lowest BCUT2D eigenvalue weighted by molar-refractivity contribution is -0.142. The first-order chi connectivity index (χ1) is 18.6. The fourth-order valence-corrected chi connectivity index (χ4v) is 6.16. The molecule has 1 N–H and O–H groups in total. The van der Waals surface area contributed by atoms with E-state index in [0.29, 0.717) is 42.5 Å². The Morgan fingerprint density at radius 3 is 2.51 bits per heavy atom. The van der Waals surface area contributed by atoms with Crippen LogP contribution in [0.25, 0.3) is 0 Å². The summed E-state index contributed by atoms with van der Waals surface area (Å²) in [7, 11) is 1.50. The molecule has 2 saturated heterocycles. The Bertz CT molecular complexity index is 1300. The molecule has 0 spiro atoms. The maximum Gasteiger partial charge on any atom is 0.416 e. The van der Waals surface area contributed by atoms with Crippen molar-refractivity contribution in [1.82, 2.24) is 20.1 Å². The number of piperidine rings is 1. The Balaban J connectivity index is 1.45. The van der Waals surface area contributed by atoms with Crippen molar-refractivity contribution >= 4 is 41.0 Å². The van der Waals surface area contributed by atoms with E-state index in [9.17, 15) is 18.8 Å². The molecule has 1 aromatic carbocycles. The van der Waals surface area contributed by atoms with Gasteiger partial charge in [-0.05, 0) is 55.5 Å². The number of carbonyl (C=O) groups is 3. The van der Waals surface area contributed by atoms with Gasteiger partial charge in [0.1, 0.15) is 5.54 Å². The third-order valence-corrected chi connectivity index (χ3v) is 9.29. The standard InChI is InChI=1S/C28H31Cl2FN4O4/c1-27(9-10-27)25(37)35-12-7-17(8-13-35)23(36)28(34(2)26(38)39-22-4-3-11-33-24(22)31)16-32-15-19(28)18-5-6-20(29)21(30)14-18/h3-6,11,14,17,19,32H,7-10,12-13,15-16H2,1-2H3/t19-,28+/m0/s1. The number of nitrogens with one attached hydrogen (secondary N) is 1. The molecule has 2 amide bonds. The van der Waals surface area contributed by atoms with Crippen molar-refractivity contribution in [2.75, 3.05) is 33.2 Å². The summed E-state index contributed by atoms with van der Waals surface area (Å²) in [5.74, 6) is -2.07. The van der Waals surface area contributed by atoms with Gasteiger partial charge in [-0.1, -0.05) is 36.2 Å². The maximum atomic E-state index is 14.5. The van der Waals surface area contributed by atoms with Gasteiger partial charge in [0.2, 0.25) is 5.91 Å². The summed E-state index contributed by atoms with van der Waals surface area (Å²) in [4.78, 5) is 47.4. The van der Waals surface area contributed by atoms with E-state index >= 15 is 0 Å². The second-order valence-electron chi connectivity index (χ2n) is 11.0. The molecule has 3 heterocycles. The van der Waals surface area contributed by atoms with Crippen molar-refractivity contribution in [3.05, 3.63) is 58.1 Å². The van der Waals surface area contributed by atoms with Gasteiger partial charge < -0.3 is 15.0 Å². The van der Waals surface area contributed by atoms with Gasteiger partial charge in [0, 0.05) is 56.7 Å². The molecule has 3 aliphatic rings. The highest BCUT2D eigenvalue weighted by Gasteiger charge is 2.57. The molecule has 1 aromatic heterocycles. The molecule has 0 unspecified atom stereocenters. The Hall–Kier alpha value is -2.75. The highest BCUT2D eigenvalue weighted by atomic mass is 35.5. The SMILES string of the molecule is CN(C(=O)Oc1cccnc1F)[C@]1(C(=O)C2CCN(C(=O)C3(C)CC3)CC2)CNC[C@H]1c1ccc(Cl)c(Cl)c1. The Morgan fingerprint density at radius 1 is 1.15 bits per heavy atom. The first-order valence-corrected chi connectivity index (χ1v) is 13.9. The molecule has 5 rings (SSSR count). The Morgan fingerprint density at radius 2 is 1.87 bits per heavy atom. The zero-order chi connectivity index (χ0) is 27.9. The summed E-state index contributed by atoms with van der Waals surface area (Å²) in [6, 6.07) is 7.93. The van der Waals surface area contributed by atoms with E-state index in [1.165, 1.54) is 30.3 Å². The number of pyridine rings is 1. The van der Waals surface area contributed by atoms with Crippen LogP contribution in [0, 0.1) is 17.3 Å². The smallest absolute Gasteiger partial charge is 0.405 e. The van der Waals surface area contributed by atoms with Gasteiger partial charge >= 0.3 is 6.09 Å². The number of ether oxygens (including phenoxy) is 1. The van der Waals surface area contributed by atoms with Crippen LogP contribution in [0.4, 0.5) is 9.18 Å². The number of likely N-dealkylation sites (N-methyl/N-ethyl adjacent to an activating group) is 1.